The molecule has 2 heterocycles. The van der Waals surface area contributed by atoms with Crippen molar-refractivity contribution in [1.82, 2.24) is 4.90 Å². The molecule has 1 saturated heterocycles. The fourth-order valence-electron chi connectivity index (χ4n) is 4.26. The molecule has 2 aliphatic rings. The van der Waals surface area contributed by atoms with Gasteiger partial charge in [-0.15, -0.1) is 0 Å². The van der Waals surface area contributed by atoms with Gasteiger partial charge in [-0.1, -0.05) is 90.1 Å². The molecule has 0 aromatic heterocycles. The molecule has 0 unspecified atom stereocenters. The zero-order valence-corrected chi connectivity index (χ0v) is 20.1. The molecule has 0 aliphatic carbocycles. The van der Waals surface area contributed by atoms with Crippen molar-refractivity contribution in [2.24, 2.45) is 9.98 Å². The lowest BCUT2D eigenvalue weighted by molar-refractivity contribution is 0.175. The lowest BCUT2D eigenvalue weighted by Gasteiger charge is -2.35. The highest BCUT2D eigenvalue weighted by atomic mass is 32.2. The molecular weight excluding hydrogens is 440 g/mol. The fraction of sp³-hybridized carbons (Fsp3) is 0.250. The summed E-state index contributed by atoms with van der Waals surface area (Å²) in [6, 6.07) is 28.6. The summed E-state index contributed by atoms with van der Waals surface area (Å²) in [6.07, 6.45) is 1.44. The third-order valence-corrected chi connectivity index (χ3v) is 7.29. The van der Waals surface area contributed by atoms with Crippen LogP contribution in [0.4, 0.5) is 10.5 Å². The van der Waals surface area contributed by atoms with Crippen molar-refractivity contribution in [2.45, 2.75) is 31.2 Å². The number of rotatable bonds is 4. The van der Waals surface area contributed by atoms with Gasteiger partial charge in [0.2, 0.25) is 0 Å². The maximum atomic E-state index is 12.8. The second-order valence-electron chi connectivity index (χ2n) is 8.78. The fourth-order valence-corrected chi connectivity index (χ4v) is 5.29. The Bertz CT molecular complexity index is 1200. The van der Waals surface area contributed by atoms with Crippen LogP contribution >= 0.6 is 11.8 Å². The molecule has 0 radical (unpaired) electrons. The van der Waals surface area contributed by atoms with Gasteiger partial charge in [-0.2, -0.15) is 0 Å². The number of hydrogen-bond acceptors (Lipinski definition) is 4. The number of amides is 2. The Morgan fingerprint density at radius 1 is 0.912 bits per heavy atom. The van der Waals surface area contributed by atoms with E-state index in [4.69, 9.17) is 9.98 Å². The Kier molecular flexibility index (Phi) is 6.50. The minimum atomic E-state index is -0.481. The van der Waals surface area contributed by atoms with Crippen LogP contribution in [-0.2, 0) is 5.75 Å². The summed E-state index contributed by atoms with van der Waals surface area (Å²) in [5, 5.41) is 4.00. The first-order valence-corrected chi connectivity index (χ1v) is 12.6. The summed E-state index contributed by atoms with van der Waals surface area (Å²) in [7, 11) is 0. The SMILES string of the molecule is Cc1ccc(NC(=O)N2CCC3(CC2)N=C(SCc2ccccc2)C(c2ccccc2)=N3)cc1. The number of carbonyl (C=O) groups is 1. The van der Waals surface area contributed by atoms with E-state index in [0.717, 1.165) is 40.6 Å². The van der Waals surface area contributed by atoms with Gasteiger partial charge in [-0.05, 0) is 24.6 Å². The number of likely N-dealkylation sites (tertiary alicyclic amines) is 1. The maximum absolute atomic E-state index is 12.8. The number of nitrogens with one attached hydrogen (secondary N) is 1. The summed E-state index contributed by atoms with van der Waals surface area (Å²) in [5.74, 6) is 0.854. The average molecular weight is 469 g/mol. The zero-order valence-electron chi connectivity index (χ0n) is 19.3. The van der Waals surface area contributed by atoms with Crippen LogP contribution in [0.5, 0.6) is 0 Å². The molecule has 2 amide bonds. The number of benzene rings is 3. The van der Waals surface area contributed by atoms with E-state index in [2.05, 4.69) is 41.7 Å². The van der Waals surface area contributed by atoms with Crippen molar-refractivity contribution >= 4 is 34.2 Å². The molecular formula is C28H28N4OS. The number of nitrogens with zero attached hydrogens (tertiary/aromatic N) is 3. The average Bonchev–Trinajstić information content (AvgIpc) is 3.23. The van der Waals surface area contributed by atoms with Gasteiger partial charge >= 0.3 is 6.03 Å². The smallest absolute Gasteiger partial charge is 0.321 e. The second-order valence-corrected chi connectivity index (χ2v) is 9.75. The van der Waals surface area contributed by atoms with Crippen molar-refractivity contribution in [3.8, 4) is 0 Å². The molecule has 1 fully saturated rings. The van der Waals surface area contributed by atoms with E-state index in [-0.39, 0.29) is 6.03 Å². The molecule has 3 aromatic carbocycles. The summed E-state index contributed by atoms with van der Waals surface area (Å²) in [4.78, 5) is 25.0. The first-order valence-electron chi connectivity index (χ1n) is 11.7. The Balaban J connectivity index is 1.30. The van der Waals surface area contributed by atoms with Gasteiger partial charge in [0.1, 0.15) is 5.04 Å². The van der Waals surface area contributed by atoms with E-state index < -0.39 is 5.66 Å². The van der Waals surface area contributed by atoms with Crippen molar-refractivity contribution in [3.05, 3.63) is 102 Å². The third kappa shape index (κ3) is 5.07. The number of anilines is 1. The molecule has 6 heteroatoms. The minimum Gasteiger partial charge on any atom is -0.324 e. The third-order valence-electron chi connectivity index (χ3n) is 6.25. The van der Waals surface area contributed by atoms with E-state index in [1.807, 2.05) is 60.4 Å². The van der Waals surface area contributed by atoms with Gasteiger partial charge in [-0.3, -0.25) is 4.99 Å². The maximum Gasteiger partial charge on any atom is 0.321 e. The highest BCUT2D eigenvalue weighted by molar-refractivity contribution is 8.15. The molecule has 0 atom stereocenters. The van der Waals surface area contributed by atoms with Crippen LogP contribution in [0.1, 0.15) is 29.5 Å². The highest BCUT2D eigenvalue weighted by Crippen LogP contribution is 2.36. The molecule has 1 spiro atoms. The van der Waals surface area contributed by atoms with Crippen LogP contribution in [0.25, 0.3) is 0 Å². The summed E-state index contributed by atoms with van der Waals surface area (Å²) >= 11 is 1.74. The minimum absolute atomic E-state index is 0.0633. The first-order chi connectivity index (χ1) is 16.6. The molecule has 5 nitrogen and oxygen atoms in total. The van der Waals surface area contributed by atoms with Crippen molar-refractivity contribution in [1.29, 1.82) is 0 Å². The standard InChI is InChI=1S/C28H28N4OS/c1-21-12-14-24(15-13-21)29-27(33)32-18-16-28(17-19-32)30-25(23-10-6-3-7-11-23)26(31-28)34-20-22-8-4-2-5-9-22/h2-15H,16-20H2,1H3,(H,29,33). The van der Waals surface area contributed by atoms with Crippen LogP contribution in [0.15, 0.2) is 94.9 Å². The summed E-state index contributed by atoms with van der Waals surface area (Å²) in [5.41, 5.74) is 4.84. The molecule has 0 bridgehead atoms. The Morgan fingerprint density at radius 3 is 2.24 bits per heavy atom. The monoisotopic (exact) mass is 468 g/mol. The normalized spacial score (nSPS) is 16.8. The van der Waals surface area contributed by atoms with Crippen molar-refractivity contribution in [3.63, 3.8) is 0 Å². The van der Waals surface area contributed by atoms with Gasteiger partial charge in [0.15, 0.2) is 5.66 Å². The number of thioether (sulfide) groups is 1. The van der Waals surface area contributed by atoms with E-state index in [1.54, 1.807) is 11.8 Å². The summed E-state index contributed by atoms with van der Waals surface area (Å²) < 4.78 is 0. The molecule has 0 saturated carbocycles. The van der Waals surface area contributed by atoms with Gasteiger partial charge in [0, 0.05) is 42.9 Å². The molecule has 2 aliphatic heterocycles. The number of hydrogen-bond donors (Lipinski definition) is 1. The first kappa shape index (κ1) is 22.4. The zero-order chi connectivity index (χ0) is 23.4. The highest BCUT2D eigenvalue weighted by Gasteiger charge is 2.40. The Labute approximate surface area is 205 Å². The van der Waals surface area contributed by atoms with E-state index in [0.29, 0.717) is 13.1 Å². The lowest BCUT2D eigenvalue weighted by Crippen LogP contribution is -2.46. The molecule has 3 aromatic rings. The predicted molar refractivity (Wildman–Crippen MR) is 142 cm³/mol. The van der Waals surface area contributed by atoms with E-state index >= 15 is 0 Å². The van der Waals surface area contributed by atoms with Crippen LogP contribution in [0.3, 0.4) is 0 Å². The van der Waals surface area contributed by atoms with Crippen molar-refractivity contribution in [2.75, 3.05) is 18.4 Å². The van der Waals surface area contributed by atoms with Crippen LogP contribution in [0.2, 0.25) is 0 Å². The largest absolute Gasteiger partial charge is 0.324 e. The van der Waals surface area contributed by atoms with Gasteiger partial charge in [-0.25, -0.2) is 9.79 Å². The molecule has 5 rings (SSSR count). The van der Waals surface area contributed by atoms with Crippen LogP contribution in [0, 0.1) is 6.92 Å². The number of aryl methyl sites for hydroxylation is 1. The molecule has 34 heavy (non-hydrogen) atoms. The second kappa shape index (κ2) is 9.85. The van der Waals surface area contributed by atoms with Gasteiger partial charge in [0.05, 0.1) is 5.71 Å². The Morgan fingerprint density at radius 2 is 1.56 bits per heavy atom. The number of carbonyl (C=O) groups excluding carboxylic acids is 1. The number of urea groups is 1. The lowest BCUT2D eigenvalue weighted by atomic mass is 9.98. The number of piperidine rings is 1. The van der Waals surface area contributed by atoms with E-state index in [9.17, 15) is 4.79 Å². The van der Waals surface area contributed by atoms with Crippen LogP contribution < -0.4 is 5.32 Å². The molecule has 1 N–H and O–H groups in total. The topological polar surface area (TPSA) is 57.1 Å². The number of aliphatic imine (C=N–C) groups is 2. The van der Waals surface area contributed by atoms with Crippen LogP contribution in [-0.4, -0.2) is 40.4 Å². The quantitative estimate of drug-likeness (QED) is 0.499. The Hall–Kier alpha value is -3.38. The van der Waals surface area contributed by atoms with Gasteiger partial charge in [0.25, 0.3) is 0 Å². The molecule has 172 valence electrons. The summed E-state index contributed by atoms with van der Waals surface area (Å²) in [6.45, 7) is 3.29. The van der Waals surface area contributed by atoms with Crippen molar-refractivity contribution < 1.29 is 4.79 Å². The van der Waals surface area contributed by atoms with Gasteiger partial charge < -0.3 is 10.2 Å². The predicted octanol–water partition coefficient (Wildman–Crippen LogP) is 6.15. The van der Waals surface area contributed by atoms with E-state index in [1.165, 1.54) is 11.1 Å².